The third-order valence-electron chi connectivity index (χ3n) is 5.96. The highest BCUT2D eigenvalue weighted by Gasteiger charge is 2.24. The van der Waals surface area contributed by atoms with Gasteiger partial charge in [-0.3, -0.25) is 10.1 Å². The highest BCUT2D eigenvalue weighted by molar-refractivity contribution is 6.31. The summed E-state index contributed by atoms with van der Waals surface area (Å²) in [5.41, 5.74) is 4.35. The molecule has 0 saturated carbocycles. The number of hydrogen-bond donors (Lipinski definition) is 2. The van der Waals surface area contributed by atoms with Gasteiger partial charge < -0.3 is 14.4 Å². The summed E-state index contributed by atoms with van der Waals surface area (Å²) in [5.74, 6) is -1.39. The van der Waals surface area contributed by atoms with Gasteiger partial charge in [0.2, 0.25) is 0 Å². The van der Waals surface area contributed by atoms with Crippen molar-refractivity contribution in [2.45, 2.75) is 32.8 Å². The zero-order chi connectivity index (χ0) is 25.8. The molecule has 1 aromatic heterocycles. The molecule has 4 rings (SSSR count). The molecule has 2 unspecified atom stereocenters. The fraction of sp³-hybridized carbons (Fsp3) is 0.179. The highest BCUT2D eigenvalue weighted by atomic mass is 35.5. The van der Waals surface area contributed by atoms with E-state index in [1.165, 1.54) is 0 Å². The maximum Gasteiger partial charge on any atom is 0.412 e. The van der Waals surface area contributed by atoms with Gasteiger partial charge in [-0.25, -0.2) is 4.79 Å². The maximum absolute atomic E-state index is 12.8. The van der Waals surface area contributed by atoms with Crippen LogP contribution in [0.4, 0.5) is 10.5 Å². The Kier molecular flexibility index (Phi) is 7.41. The van der Waals surface area contributed by atoms with Crippen LogP contribution in [0.5, 0.6) is 0 Å². The number of anilines is 1. The van der Waals surface area contributed by atoms with Crippen LogP contribution >= 0.6 is 11.6 Å². The Morgan fingerprint density at radius 3 is 2.39 bits per heavy atom. The van der Waals surface area contributed by atoms with Gasteiger partial charge in [-0.15, -0.1) is 0 Å². The molecule has 7 nitrogen and oxygen atoms in total. The molecule has 8 heteroatoms. The topological polar surface area (TPSA) is 102 Å². The number of carboxylic acids is 1. The lowest BCUT2D eigenvalue weighted by atomic mass is 9.91. The summed E-state index contributed by atoms with van der Waals surface area (Å²) in [5, 5.41) is 16.8. The van der Waals surface area contributed by atoms with E-state index in [2.05, 4.69) is 10.5 Å². The molecule has 4 aromatic rings. The Morgan fingerprint density at radius 1 is 1.00 bits per heavy atom. The number of aryl methyl sites for hydroxylation is 1. The zero-order valence-corrected chi connectivity index (χ0v) is 20.7. The molecule has 1 heterocycles. The van der Waals surface area contributed by atoms with Crippen molar-refractivity contribution in [1.29, 1.82) is 0 Å². The summed E-state index contributed by atoms with van der Waals surface area (Å²) in [6, 6.07) is 22.1. The Balaban J connectivity index is 1.71. The molecule has 3 aromatic carbocycles. The number of nitrogens with one attached hydrogen (secondary N) is 1. The van der Waals surface area contributed by atoms with E-state index in [4.69, 9.17) is 20.9 Å². The Bertz CT molecular complexity index is 1400. The standard InChI is InChI=1S/C28H25ClN2O5/c1-16(27(32)33)20-13-14-22(19-9-5-4-6-10-19)23(15-20)26-25(17(2)31-36-26)30-28(34)35-18(3)21-11-7-8-12-24(21)29/h4-16,18H,1-3H3,(H,30,34)(H,32,33). The number of halogens is 1. The fourth-order valence-corrected chi connectivity index (χ4v) is 4.18. The largest absolute Gasteiger partial charge is 0.481 e. The average molecular weight is 505 g/mol. The van der Waals surface area contributed by atoms with Crippen LogP contribution in [0.15, 0.2) is 77.3 Å². The summed E-state index contributed by atoms with van der Waals surface area (Å²) in [7, 11) is 0. The van der Waals surface area contributed by atoms with Crippen LogP contribution in [0.1, 0.15) is 42.7 Å². The summed E-state index contributed by atoms with van der Waals surface area (Å²) in [6.45, 7) is 5.04. The van der Waals surface area contributed by atoms with Crippen molar-refractivity contribution in [3.8, 4) is 22.5 Å². The summed E-state index contributed by atoms with van der Waals surface area (Å²) in [4.78, 5) is 24.5. The molecule has 36 heavy (non-hydrogen) atoms. The minimum Gasteiger partial charge on any atom is -0.481 e. The molecule has 0 aliphatic heterocycles. The molecule has 1 amide bonds. The van der Waals surface area contributed by atoms with E-state index in [1.807, 2.05) is 42.5 Å². The number of carbonyl (C=O) groups excluding carboxylic acids is 1. The molecule has 0 fully saturated rings. The molecular weight excluding hydrogens is 480 g/mol. The Hall–Kier alpha value is -4.10. The van der Waals surface area contributed by atoms with Gasteiger partial charge in [-0.05, 0) is 49.6 Å². The highest BCUT2D eigenvalue weighted by Crippen LogP contribution is 2.39. The number of aromatic nitrogens is 1. The third-order valence-corrected chi connectivity index (χ3v) is 6.30. The van der Waals surface area contributed by atoms with Gasteiger partial charge in [0.1, 0.15) is 17.5 Å². The minimum absolute atomic E-state index is 0.299. The van der Waals surface area contributed by atoms with E-state index in [9.17, 15) is 14.7 Å². The molecular formula is C28H25ClN2O5. The van der Waals surface area contributed by atoms with Gasteiger partial charge in [0.25, 0.3) is 0 Å². The number of amides is 1. The summed E-state index contributed by atoms with van der Waals surface area (Å²) >= 11 is 6.24. The van der Waals surface area contributed by atoms with Gasteiger partial charge in [0, 0.05) is 16.1 Å². The van der Waals surface area contributed by atoms with Crippen LogP contribution in [-0.2, 0) is 9.53 Å². The third kappa shape index (κ3) is 5.26. The molecule has 0 radical (unpaired) electrons. The first-order chi connectivity index (χ1) is 17.3. The van der Waals surface area contributed by atoms with E-state index in [1.54, 1.807) is 51.1 Å². The van der Waals surface area contributed by atoms with Crippen molar-refractivity contribution in [3.05, 3.63) is 94.6 Å². The second-order valence-electron chi connectivity index (χ2n) is 8.40. The van der Waals surface area contributed by atoms with E-state index in [0.29, 0.717) is 38.9 Å². The molecule has 0 aliphatic carbocycles. The second kappa shape index (κ2) is 10.7. The smallest absolute Gasteiger partial charge is 0.412 e. The molecule has 0 bridgehead atoms. The number of carboxylic acid groups (broad SMARTS) is 1. The predicted molar refractivity (Wildman–Crippen MR) is 138 cm³/mol. The zero-order valence-electron chi connectivity index (χ0n) is 20.0. The van der Waals surface area contributed by atoms with E-state index in [0.717, 1.165) is 11.1 Å². The number of hydrogen-bond acceptors (Lipinski definition) is 5. The Labute approximate surface area is 213 Å². The lowest BCUT2D eigenvalue weighted by molar-refractivity contribution is -0.138. The normalized spacial score (nSPS) is 12.6. The van der Waals surface area contributed by atoms with Crippen LogP contribution < -0.4 is 5.32 Å². The van der Waals surface area contributed by atoms with Crippen molar-refractivity contribution < 1.29 is 24.0 Å². The molecule has 0 aliphatic rings. The second-order valence-corrected chi connectivity index (χ2v) is 8.80. The van der Waals surface area contributed by atoms with E-state index < -0.39 is 24.1 Å². The Morgan fingerprint density at radius 2 is 1.69 bits per heavy atom. The SMILES string of the molecule is Cc1noc(-c2cc(C(C)C(=O)O)ccc2-c2ccccc2)c1NC(=O)OC(C)c1ccccc1Cl. The lowest BCUT2D eigenvalue weighted by Crippen LogP contribution is -2.17. The van der Waals surface area contributed by atoms with E-state index >= 15 is 0 Å². The van der Waals surface area contributed by atoms with Gasteiger partial charge in [-0.2, -0.15) is 0 Å². The number of ether oxygens (including phenoxy) is 1. The lowest BCUT2D eigenvalue weighted by Gasteiger charge is -2.16. The van der Waals surface area contributed by atoms with Crippen LogP contribution in [0.3, 0.4) is 0 Å². The van der Waals surface area contributed by atoms with Crippen molar-refractivity contribution in [2.75, 3.05) is 5.32 Å². The first-order valence-electron chi connectivity index (χ1n) is 11.4. The van der Waals surface area contributed by atoms with E-state index in [-0.39, 0.29) is 0 Å². The predicted octanol–water partition coefficient (Wildman–Crippen LogP) is 7.47. The van der Waals surface area contributed by atoms with Crippen molar-refractivity contribution in [3.63, 3.8) is 0 Å². The quantitative estimate of drug-likeness (QED) is 0.270. The number of nitrogens with zero attached hydrogens (tertiary/aromatic N) is 1. The number of benzene rings is 3. The molecule has 2 N–H and O–H groups in total. The van der Waals surface area contributed by atoms with Crippen LogP contribution in [0, 0.1) is 6.92 Å². The van der Waals surface area contributed by atoms with Gasteiger partial charge in [-0.1, -0.05) is 77.4 Å². The first-order valence-corrected chi connectivity index (χ1v) is 11.7. The van der Waals surface area contributed by atoms with Crippen LogP contribution in [0.25, 0.3) is 22.5 Å². The van der Waals surface area contributed by atoms with Gasteiger partial charge in [0.05, 0.1) is 5.92 Å². The average Bonchev–Trinajstić information content (AvgIpc) is 3.23. The summed E-state index contributed by atoms with van der Waals surface area (Å²) in [6.07, 6.45) is -1.30. The molecule has 184 valence electrons. The van der Waals surface area contributed by atoms with Crippen LogP contribution in [-0.4, -0.2) is 22.3 Å². The minimum atomic E-state index is -0.947. The number of aliphatic carboxylic acids is 1. The molecule has 0 spiro atoms. The van der Waals surface area contributed by atoms with Crippen LogP contribution in [0.2, 0.25) is 5.02 Å². The maximum atomic E-state index is 12.8. The number of carbonyl (C=O) groups is 2. The van der Waals surface area contributed by atoms with Crippen molar-refractivity contribution in [2.24, 2.45) is 0 Å². The number of rotatable bonds is 7. The molecule has 2 atom stereocenters. The monoisotopic (exact) mass is 504 g/mol. The molecule has 0 saturated heterocycles. The van der Waals surface area contributed by atoms with Gasteiger partial charge >= 0.3 is 12.1 Å². The first kappa shape index (κ1) is 25.0. The van der Waals surface area contributed by atoms with Crippen molar-refractivity contribution in [1.82, 2.24) is 5.16 Å². The fourth-order valence-electron chi connectivity index (χ4n) is 3.89. The van der Waals surface area contributed by atoms with Crippen molar-refractivity contribution >= 4 is 29.4 Å². The van der Waals surface area contributed by atoms with Gasteiger partial charge in [0.15, 0.2) is 5.76 Å². The summed E-state index contributed by atoms with van der Waals surface area (Å²) < 4.78 is 11.2.